The molecular formula is C13H26BFN2O2S. The normalized spacial score (nSPS) is 18.8. The molecular weight excluding hydrogens is 278 g/mol. The van der Waals surface area contributed by atoms with Crippen molar-refractivity contribution in [2.24, 2.45) is 0 Å². The topological polar surface area (TPSA) is 36.3 Å². The molecule has 116 valence electrons. The summed E-state index contributed by atoms with van der Waals surface area (Å²) in [7, 11) is -0.573. The quantitative estimate of drug-likeness (QED) is 0.782. The van der Waals surface area contributed by atoms with Crippen LogP contribution in [0, 0.1) is 0 Å². The zero-order chi connectivity index (χ0) is 16.0. The second-order valence-electron chi connectivity index (χ2n) is 4.79. The van der Waals surface area contributed by atoms with Gasteiger partial charge in [-0.05, 0) is 33.8 Å². The van der Waals surface area contributed by atoms with Crippen LogP contribution in [-0.2, 0) is 9.31 Å². The molecule has 0 saturated carbocycles. The summed E-state index contributed by atoms with van der Waals surface area (Å²) in [6, 6.07) is 1.69. The number of aromatic nitrogens is 2. The molecule has 7 heteroatoms. The molecule has 2 rings (SSSR count). The van der Waals surface area contributed by atoms with Crippen molar-refractivity contribution in [1.82, 2.24) is 9.19 Å². The van der Waals surface area contributed by atoms with E-state index in [4.69, 9.17) is 9.31 Å². The highest BCUT2D eigenvalue weighted by molar-refractivity contribution is 7.92. The molecule has 0 spiro atoms. The van der Waals surface area contributed by atoms with Crippen LogP contribution in [-0.4, -0.2) is 27.5 Å². The highest BCUT2D eigenvalue weighted by atomic mass is 32.2. The minimum Gasteiger partial charge on any atom is -0.398 e. The van der Waals surface area contributed by atoms with Crippen molar-refractivity contribution in [3.05, 3.63) is 12.3 Å². The van der Waals surface area contributed by atoms with Gasteiger partial charge in [0.25, 0.3) is 0 Å². The highest BCUT2D eigenvalue weighted by Gasteiger charge is 2.52. The van der Waals surface area contributed by atoms with Crippen molar-refractivity contribution in [2.75, 3.05) is 0 Å². The summed E-state index contributed by atoms with van der Waals surface area (Å²) in [5.41, 5.74) is -0.271. The van der Waals surface area contributed by atoms with Gasteiger partial charge in [-0.25, -0.2) is 0 Å². The maximum Gasteiger partial charge on any atom is 0.515 e. The van der Waals surface area contributed by atoms with Crippen LogP contribution < -0.4 is 5.59 Å². The SMILES string of the molecule is CC.CC.CC1(C)OB(c2ccnn2SF)OC1(C)C. The molecule has 0 unspecified atom stereocenters. The van der Waals surface area contributed by atoms with Crippen LogP contribution in [0.2, 0.25) is 0 Å². The predicted molar refractivity (Wildman–Crippen MR) is 84.7 cm³/mol. The standard InChI is InChI=1S/C9H14BFN2O2S.2C2H6/c1-8(2)9(3,4)15-10(14-8)7-5-6-12-13(7)16-11;2*1-2/h5-6H,1-4H3;2*1-2H3. The van der Waals surface area contributed by atoms with Gasteiger partial charge < -0.3 is 9.31 Å². The Labute approximate surface area is 127 Å². The molecule has 1 aromatic rings. The Balaban J connectivity index is 0.000000829. The molecule has 1 saturated heterocycles. The number of hydrogen-bond donors (Lipinski definition) is 0. The number of nitrogens with zero attached hydrogens (tertiary/aromatic N) is 2. The summed E-state index contributed by atoms with van der Waals surface area (Å²) < 4.78 is 25.3. The van der Waals surface area contributed by atoms with Crippen LogP contribution in [0.15, 0.2) is 12.3 Å². The first kappa shape index (κ1) is 19.5. The Morgan fingerprint density at radius 1 is 1.10 bits per heavy atom. The van der Waals surface area contributed by atoms with E-state index < -0.39 is 18.3 Å². The molecule has 4 nitrogen and oxygen atoms in total. The van der Waals surface area contributed by atoms with Crippen LogP contribution in [0.1, 0.15) is 55.4 Å². The van der Waals surface area contributed by atoms with Gasteiger partial charge in [0.15, 0.2) is 12.3 Å². The molecule has 0 aliphatic carbocycles. The van der Waals surface area contributed by atoms with Gasteiger partial charge in [-0.3, -0.25) is 0 Å². The van der Waals surface area contributed by atoms with Crippen molar-refractivity contribution >= 4 is 25.0 Å². The third kappa shape index (κ3) is 3.99. The van der Waals surface area contributed by atoms with Crippen molar-refractivity contribution in [3.8, 4) is 0 Å². The molecule has 0 aromatic carbocycles. The predicted octanol–water partition coefficient (Wildman–Crippen LogP) is 3.62. The lowest BCUT2D eigenvalue weighted by molar-refractivity contribution is 0.00578. The first-order valence-electron chi connectivity index (χ1n) is 7.06. The second kappa shape index (κ2) is 8.05. The van der Waals surface area contributed by atoms with Gasteiger partial charge in [0.2, 0.25) is 0 Å². The molecule has 0 radical (unpaired) electrons. The number of hydrogen-bond acceptors (Lipinski definition) is 4. The molecule has 1 aliphatic heterocycles. The minimum atomic E-state index is -0.573. The van der Waals surface area contributed by atoms with Gasteiger partial charge in [-0.1, -0.05) is 27.7 Å². The molecule has 20 heavy (non-hydrogen) atoms. The first-order valence-corrected chi connectivity index (χ1v) is 7.73. The molecule has 1 fully saturated rings. The Morgan fingerprint density at radius 2 is 1.55 bits per heavy atom. The molecule has 1 aliphatic rings. The second-order valence-corrected chi connectivity index (χ2v) is 5.27. The minimum absolute atomic E-state index is 0.0348. The zero-order valence-corrected chi connectivity index (χ0v) is 14.5. The Kier molecular flexibility index (Phi) is 7.84. The van der Waals surface area contributed by atoms with Gasteiger partial charge in [0, 0.05) is 6.20 Å². The van der Waals surface area contributed by atoms with Gasteiger partial charge in [-0.2, -0.15) is 9.19 Å². The van der Waals surface area contributed by atoms with E-state index in [1.54, 1.807) is 6.07 Å². The van der Waals surface area contributed by atoms with Crippen LogP contribution in [0.3, 0.4) is 0 Å². The molecule has 0 atom stereocenters. The fourth-order valence-electron chi connectivity index (χ4n) is 1.49. The van der Waals surface area contributed by atoms with Crippen LogP contribution in [0.4, 0.5) is 3.89 Å². The van der Waals surface area contributed by atoms with Gasteiger partial charge >= 0.3 is 7.12 Å². The fraction of sp³-hybridized carbons (Fsp3) is 0.769. The Hall–Kier alpha value is -0.525. The Bertz CT molecular complexity index is 383. The van der Waals surface area contributed by atoms with E-state index in [1.165, 1.54) is 6.20 Å². The van der Waals surface area contributed by atoms with E-state index in [0.29, 0.717) is 5.59 Å². The third-order valence-electron chi connectivity index (χ3n) is 3.20. The van der Waals surface area contributed by atoms with E-state index in [1.807, 2.05) is 55.4 Å². The Morgan fingerprint density at radius 3 is 1.95 bits per heavy atom. The lowest BCUT2D eigenvalue weighted by Crippen LogP contribution is -2.41. The highest BCUT2D eigenvalue weighted by Crippen LogP contribution is 2.36. The van der Waals surface area contributed by atoms with Crippen LogP contribution in [0.25, 0.3) is 0 Å². The van der Waals surface area contributed by atoms with Gasteiger partial charge in [0.1, 0.15) is 0 Å². The van der Waals surface area contributed by atoms with E-state index in [9.17, 15) is 3.89 Å². The summed E-state index contributed by atoms with van der Waals surface area (Å²) in [6.07, 6.45) is 1.52. The van der Waals surface area contributed by atoms with Gasteiger partial charge in [0.05, 0.1) is 16.8 Å². The van der Waals surface area contributed by atoms with E-state index in [0.717, 1.165) is 4.09 Å². The van der Waals surface area contributed by atoms with Gasteiger partial charge in [-0.15, -0.1) is 3.89 Å². The van der Waals surface area contributed by atoms with E-state index >= 15 is 0 Å². The lowest BCUT2D eigenvalue weighted by atomic mass is 9.85. The van der Waals surface area contributed by atoms with Crippen molar-refractivity contribution in [2.45, 2.75) is 66.6 Å². The summed E-state index contributed by atoms with van der Waals surface area (Å²) in [6.45, 7) is 15.8. The summed E-state index contributed by atoms with van der Waals surface area (Å²) >= 11 is 0.0348. The molecule has 0 N–H and O–H groups in total. The third-order valence-corrected chi connectivity index (χ3v) is 3.63. The van der Waals surface area contributed by atoms with Crippen molar-refractivity contribution in [3.63, 3.8) is 0 Å². The maximum absolute atomic E-state index is 12.6. The molecule has 1 aromatic heterocycles. The smallest absolute Gasteiger partial charge is 0.398 e. The summed E-state index contributed by atoms with van der Waals surface area (Å²) in [5, 5.41) is 3.82. The lowest BCUT2D eigenvalue weighted by Gasteiger charge is -2.32. The van der Waals surface area contributed by atoms with E-state index in [-0.39, 0.29) is 12.3 Å². The zero-order valence-electron chi connectivity index (χ0n) is 13.7. The first-order chi connectivity index (χ1) is 9.37. The average molecular weight is 304 g/mol. The summed E-state index contributed by atoms with van der Waals surface area (Å²) in [4.78, 5) is 0. The van der Waals surface area contributed by atoms with E-state index in [2.05, 4.69) is 5.10 Å². The summed E-state index contributed by atoms with van der Waals surface area (Å²) in [5.74, 6) is 0. The maximum atomic E-state index is 12.6. The van der Waals surface area contributed by atoms with Crippen molar-refractivity contribution < 1.29 is 13.2 Å². The van der Waals surface area contributed by atoms with Crippen LogP contribution in [0.5, 0.6) is 0 Å². The molecule has 2 heterocycles. The van der Waals surface area contributed by atoms with Crippen LogP contribution >= 0.6 is 12.3 Å². The van der Waals surface area contributed by atoms with Crippen molar-refractivity contribution in [1.29, 1.82) is 0 Å². The number of halogens is 1. The fourth-order valence-corrected chi connectivity index (χ4v) is 1.81. The molecule has 0 bridgehead atoms. The molecule has 0 amide bonds. The monoisotopic (exact) mass is 304 g/mol. The average Bonchev–Trinajstić information content (AvgIpc) is 2.97. The number of rotatable bonds is 2. The largest absolute Gasteiger partial charge is 0.515 e.